The maximum atomic E-state index is 11.5. The minimum absolute atomic E-state index is 0. The van der Waals surface area contributed by atoms with Crippen LogP contribution in [0.25, 0.3) is 0 Å². The van der Waals surface area contributed by atoms with Gasteiger partial charge in [0.1, 0.15) is 32.5 Å². The number of aliphatic hydroxyl groups excluding tert-OH is 1. The number of carbonyl (C=O) groups is 2. The van der Waals surface area contributed by atoms with Crippen molar-refractivity contribution in [2.75, 3.05) is 150 Å². The van der Waals surface area contributed by atoms with Crippen LogP contribution in [-0.4, -0.2) is 221 Å². The summed E-state index contributed by atoms with van der Waals surface area (Å²) in [6.07, 6.45) is 10.2. The molecule has 0 spiro atoms. The van der Waals surface area contributed by atoms with Crippen LogP contribution in [-0.2, 0) is 17.7 Å². The molecule has 0 amide bonds. The summed E-state index contributed by atoms with van der Waals surface area (Å²) in [6.45, 7) is 34.3. The number of aliphatic hydroxyl groups is 1. The number of halogens is 5. The second-order valence-electron chi connectivity index (χ2n) is 21.6. The van der Waals surface area contributed by atoms with E-state index in [2.05, 4.69) is 211 Å². The second kappa shape index (κ2) is 48.8. The Morgan fingerprint density at radius 1 is 0.552 bits per heavy atom. The third-order valence-corrected chi connectivity index (χ3v) is 17.3. The summed E-state index contributed by atoms with van der Waals surface area (Å²) in [5.74, 6) is 4.89. The smallest absolute Gasteiger partial charge is 1.00 e. The van der Waals surface area contributed by atoms with Crippen LogP contribution < -0.4 is 60.3 Å². The third-order valence-electron chi connectivity index (χ3n) is 15.3. The van der Waals surface area contributed by atoms with E-state index in [1.807, 2.05) is 43.6 Å². The number of nitrogens with one attached hydrogen (secondary N) is 3. The van der Waals surface area contributed by atoms with Crippen molar-refractivity contribution in [1.82, 2.24) is 64.5 Å². The zero-order valence-corrected chi connectivity index (χ0v) is 67.4. The molecular formula is C64H88BBr4ClN17NaO5PS2. The zero-order chi connectivity index (χ0) is 68.2. The number of alkyl halides is 1. The topological polar surface area (TPSA) is 239 Å². The molecule has 11 rings (SSSR count). The van der Waals surface area contributed by atoms with Crippen LogP contribution in [0.5, 0.6) is 0 Å². The van der Waals surface area contributed by atoms with Crippen molar-refractivity contribution < 1.29 is 45.7 Å². The zero-order valence-electron chi connectivity index (χ0n) is 56.8. The SMILES string of the molecule is BrP(Br)Br.CCN1CCN(c2ccc(C=O)cn2)CC1.CCN1CCN(c2ccc(CBr)cn2)CC1.CCN1CCN(c2ccc(CO)cn2)CC1.CCN1CCN(c2ccc(CSc3nc(C)cc(=O)[nH]3)cn2)CC1.Cc1cc(=O)[nH]c(=S)[nH]1.O=Cc1ccc(Cl)nc1.[B].[H-].[Na+]. The molecule has 0 bridgehead atoms. The predicted octanol–water partition coefficient (Wildman–Crippen LogP) is 8.20. The molecule has 0 aromatic carbocycles. The standard InChI is InChI=1S/C17H23N5OS.C12H18BrN3.C12H19N3O.C12H17N3O.C6H4ClNO.C5H6N2OS.B.Br3P.Na.H/c1-3-21-6-8-22(9-7-21)15-5-4-14(11-18-15)12-24-17-19-13(2)10-16(23)20-17;1-2-15-5-7-16(8-6-15)12-4-3-11(9-13)10-14-12;2*1-2-14-5-7-15(8-6-14)12-4-3-11(10-16)9-13-12;7-6-2-1-5(4-9)3-8-6;1-3-2-4(8)7-5(9)6-3;;1-4(2)3;;/h4-5,10-11H,3,6-9,12H2,1-2H3,(H,19,20,23);3-4,10H,2,5-9H2,1H3;3-4,9,16H,2,5-8,10H2,1H3;3-4,9-10H,2,5-8H2,1H3;1-4H;2H,1H3,(H2,6,7,8,9);;;;/q;;;;;;;;+1;-1. The Bertz CT molecular complexity index is 3360. The van der Waals surface area contributed by atoms with Crippen LogP contribution >= 0.6 is 102 Å². The van der Waals surface area contributed by atoms with Gasteiger partial charge in [0.05, 0.1) is 6.61 Å². The van der Waals surface area contributed by atoms with Gasteiger partial charge in [-0.3, -0.25) is 24.2 Å². The van der Waals surface area contributed by atoms with Crippen molar-refractivity contribution in [3.05, 3.63) is 174 Å². The molecule has 0 saturated carbocycles. The first-order valence-corrected chi connectivity index (χ1v) is 41.3. The fourth-order valence-electron chi connectivity index (χ4n) is 9.72. The van der Waals surface area contributed by atoms with Crippen molar-refractivity contribution in [2.45, 2.75) is 64.4 Å². The van der Waals surface area contributed by atoms with Crippen molar-refractivity contribution in [3.63, 3.8) is 0 Å². The number of aromatic amines is 3. The summed E-state index contributed by atoms with van der Waals surface area (Å²) in [4.78, 5) is 95.4. The monoisotopic (exact) mass is 1650 g/mol. The summed E-state index contributed by atoms with van der Waals surface area (Å²) in [7, 11) is 0. The van der Waals surface area contributed by atoms with E-state index in [1.54, 1.807) is 31.5 Å². The van der Waals surface area contributed by atoms with Gasteiger partial charge in [0.25, 0.3) is 11.1 Å². The first-order valence-electron chi connectivity index (χ1n) is 31.0. The molecule has 4 aliphatic heterocycles. The van der Waals surface area contributed by atoms with Crippen LogP contribution in [0.3, 0.4) is 0 Å². The summed E-state index contributed by atoms with van der Waals surface area (Å²) < 4.78 is 0.192. The van der Waals surface area contributed by atoms with Crippen LogP contribution in [0.4, 0.5) is 23.3 Å². The molecule has 22 nitrogen and oxygen atoms in total. The molecule has 32 heteroatoms. The fraction of sp³-hybridized carbons (Fsp3) is 0.453. The van der Waals surface area contributed by atoms with E-state index >= 15 is 0 Å². The van der Waals surface area contributed by atoms with E-state index in [-0.39, 0.29) is 61.2 Å². The van der Waals surface area contributed by atoms with Gasteiger partial charge in [0, 0.05) is 190 Å². The molecular weight excluding hydrogens is 1570 g/mol. The van der Waals surface area contributed by atoms with E-state index in [1.165, 1.54) is 35.7 Å². The molecule has 4 aliphatic rings. The quantitative estimate of drug-likeness (QED) is 0.0111. The molecule has 515 valence electrons. The number of hydrogen-bond acceptors (Lipinski definition) is 21. The molecule has 7 aromatic rings. The summed E-state index contributed by atoms with van der Waals surface area (Å²) >= 11 is 24.6. The number of aldehydes is 2. The minimum Gasteiger partial charge on any atom is -1.00 e. The number of anilines is 4. The van der Waals surface area contributed by atoms with Crippen molar-refractivity contribution in [3.8, 4) is 0 Å². The van der Waals surface area contributed by atoms with Gasteiger partial charge in [0.15, 0.2) is 22.5 Å². The number of thioether (sulfide) groups is 1. The third kappa shape index (κ3) is 33.1. The van der Waals surface area contributed by atoms with Gasteiger partial charge < -0.3 is 55.7 Å². The Kier molecular flexibility index (Phi) is 43.9. The molecule has 4 N–H and O–H groups in total. The first-order chi connectivity index (χ1) is 45.4. The normalized spacial score (nSPS) is 14.8. The maximum Gasteiger partial charge on any atom is 1.00 e. The van der Waals surface area contributed by atoms with Crippen LogP contribution in [0.1, 0.15) is 77.9 Å². The van der Waals surface area contributed by atoms with Gasteiger partial charge in [-0.25, -0.2) is 29.9 Å². The molecule has 11 heterocycles. The second-order valence-corrected chi connectivity index (χ2v) is 39.2. The predicted molar refractivity (Wildman–Crippen MR) is 410 cm³/mol. The molecule has 0 aliphatic carbocycles. The number of H-pyrrole nitrogens is 3. The Morgan fingerprint density at radius 2 is 0.917 bits per heavy atom. The van der Waals surface area contributed by atoms with E-state index in [0.29, 0.717) is 26.2 Å². The van der Waals surface area contributed by atoms with Crippen molar-refractivity contribution >= 4 is 146 Å². The van der Waals surface area contributed by atoms with Crippen molar-refractivity contribution in [2.24, 2.45) is 0 Å². The van der Waals surface area contributed by atoms with E-state index < -0.39 is 0 Å². The van der Waals surface area contributed by atoms with Crippen LogP contribution in [0, 0.1) is 18.6 Å². The number of hydrogen-bond donors (Lipinski definition) is 4. The van der Waals surface area contributed by atoms with Crippen LogP contribution in [0.15, 0.2) is 119 Å². The van der Waals surface area contributed by atoms with Gasteiger partial charge in [-0.1, -0.05) is 85.2 Å². The van der Waals surface area contributed by atoms with Gasteiger partial charge in [-0.05, 0) is 158 Å². The molecule has 3 radical (unpaired) electrons. The van der Waals surface area contributed by atoms with Crippen molar-refractivity contribution in [1.29, 1.82) is 0 Å². The molecule has 96 heavy (non-hydrogen) atoms. The molecule has 7 aromatic heterocycles. The molecule has 0 unspecified atom stereocenters. The summed E-state index contributed by atoms with van der Waals surface area (Å²) in [6, 6.07) is 22.3. The number of nitrogens with zero attached hydrogens (tertiary/aromatic N) is 14. The number of pyridine rings is 5. The number of rotatable bonds is 15. The van der Waals surface area contributed by atoms with E-state index in [4.69, 9.17) is 16.7 Å². The summed E-state index contributed by atoms with van der Waals surface area (Å²) in [5.41, 5.74) is 5.66. The average molecular weight is 1660 g/mol. The number of piperazine rings is 4. The van der Waals surface area contributed by atoms with Crippen LogP contribution in [0.2, 0.25) is 5.15 Å². The van der Waals surface area contributed by atoms with Gasteiger partial charge in [-0.15, -0.1) is 0 Å². The first kappa shape index (κ1) is 86.3. The van der Waals surface area contributed by atoms with Gasteiger partial charge in [-0.2, -0.15) is 0 Å². The van der Waals surface area contributed by atoms with Gasteiger partial charge in [0.2, 0.25) is 0 Å². The maximum absolute atomic E-state index is 11.5. The minimum atomic E-state index is -0.183. The number of aryl methyl sites for hydroxylation is 2. The molecule has 4 saturated heterocycles. The fourth-order valence-corrected chi connectivity index (χ4v) is 11.3. The number of aromatic nitrogens is 9. The van der Waals surface area contributed by atoms with Gasteiger partial charge >= 0.3 is 29.6 Å². The largest absolute Gasteiger partial charge is 1.00 e. The Labute approximate surface area is 638 Å². The summed E-state index contributed by atoms with van der Waals surface area (Å²) in [5, 5.41) is 10.9. The van der Waals surface area contributed by atoms with E-state index in [9.17, 15) is 19.2 Å². The molecule has 0 atom stereocenters. The number of likely N-dealkylation sites (N-methyl/N-ethyl adjacent to an activating group) is 4. The molecule has 4 fully saturated rings. The average Bonchev–Trinajstić information content (AvgIpc) is 0.988. The number of carbonyl (C=O) groups excluding carboxylic acids is 2. The Hall–Kier alpha value is -3.88. The Balaban J connectivity index is 0.000000399. The Morgan fingerprint density at radius 3 is 1.22 bits per heavy atom. The van der Waals surface area contributed by atoms with E-state index in [0.717, 1.165) is 200 Å².